The van der Waals surface area contributed by atoms with Gasteiger partial charge in [0.25, 0.3) is 11.5 Å². The monoisotopic (exact) mass is 372 g/mol. The van der Waals surface area contributed by atoms with Gasteiger partial charge in [-0.15, -0.1) is 0 Å². The van der Waals surface area contributed by atoms with Gasteiger partial charge < -0.3 is 15.0 Å². The quantitative estimate of drug-likeness (QED) is 0.805. The zero-order chi connectivity index (χ0) is 19.4. The molecule has 2 N–H and O–H groups in total. The number of amides is 2. The van der Waals surface area contributed by atoms with Crippen molar-refractivity contribution in [2.75, 3.05) is 26.2 Å². The minimum absolute atomic E-state index is 0.101. The van der Waals surface area contributed by atoms with Crippen molar-refractivity contribution in [3.05, 3.63) is 51.4 Å². The van der Waals surface area contributed by atoms with Gasteiger partial charge in [-0.25, -0.2) is 9.48 Å². The Bertz CT molecular complexity index is 899. The van der Waals surface area contributed by atoms with E-state index in [0.29, 0.717) is 43.9 Å². The van der Waals surface area contributed by atoms with E-state index >= 15 is 0 Å². The highest BCUT2D eigenvalue weighted by Crippen LogP contribution is 2.11. The van der Waals surface area contributed by atoms with Gasteiger partial charge in [0, 0.05) is 36.5 Å². The summed E-state index contributed by atoms with van der Waals surface area (Å²) in [5.41, 5.74) is 2.51. The second-order valence-electron chi connectivity index (χ2n) is 6.47. The minimum atomic E-state index is -0.342. The standard InChI is InChI=1S/C19H24N4O4/c1-3-16-13(2)21-23(18(16)25)15-7-4-6-14(12-15)17(24)20-8-10-22-9-5-11-27-19(22)26/h4,6-7,12,21H,3,5,8-11H2,1-2H3,(H,20,24). The summed E-state index contributed by atoms with van der Waals surface area (Å²) < 4.78 is 6.42. The Morgan fingerprint density at radius 2 is 2.15 bits per heavy atom. The third-order valence-electron chi connectivity index (χ3n) is 4.64. The summed E-state index contributed by atoms with van der Waals surface area (Å²) in [6.45, 7) is 5.62. The first-order valence-corrected chi connectivity index (χ1v) is 9.12. The third kappa shape index (κ3) is 4.05. The SMILES string of the molecule is CCc1c(C)[nH]n(-c2cccc(C(=O)NCCN3CCCOC3=O)c2)c1=O. The van der Waals surface area contributed by atoms with Crippen LogP contribution < -0.4 is 10.9 Å². The smallest absolute Gasteiger partial charge is 0.409 e. The van der Waals surface area contributed by atoms with Crippen LogP contribution in [0.3, 0.4) is 0 Å². The Balaban J connectivity index is 1.67. The maximum Gasteiger partial charge on any atom is 0.409 e. The molecule has 144 valence electrons. The molecule has 8 nitrogen and oxygen atoms in total. The van der Waals surface area contributed by atoms with Gasteiger partial charge in [-0.2, -0.15) is 0 Å². The molecule has 0 saturated carbocycles. The van der Waals surface area contributed by atoms with Crippen LogP contribution in [0, 0.1) is 6.92 Å². The first kappa shape index (κ1) is 18.8. The third-order valence-corrected chi connectivity index (χ3v) is 4.64. The number of aromatic amines is 1. The Labute approximate surface area is 157 Å². The molecule has 2 aromatic rings. The predicted molar refractivity (Wildman–Crippen MR) is 100 cm³/mol. The fourth-order valence-corrected chi connectivity index (χ4v) is 3.17. The zero-order valence-corrected chi connectivity index (χ0v) is 15.6. The number of nitrogens with one attached hydrogen (secondary N) is 2. The first-order valence-electron chi connectivity index (χ1n) is 9.12. The minimum Gasteiger partial charge on any atom is -0.449 e. The number of carbonyl (C=O) groups is 2. The molecule has 3 rings (SSSR count). The van der Waals surface area contributed by atoms with Crippen LogP contribution in [0.25, 0.3) is 5.69 Å². The maximum absolute atomic E-state index is 12.5. The molecule has 1 aromatic carbocycles. The lowest BCUT2D eigenvalue weighted by molar-refractivity contribution is 0.0719. The molecule has 27 heavy (non-hydrogen) atoms. The normalized spacial score (nSPS) is 14.1. The fourth-order valence-electron chi connectivity index (χ4n) is 3.17. The molecule has 1 aliphatic heterocycles. The Morgan fingerprint density at radius 1 is 1.33 bits per heavy atom. The van der Waals surface area contributed by atoms with E-state index < -0.39 is 0 Å². The van der Waals surface area contributed by atoms with Crippen molar-refractivity contribution in [3.63, 3.8) is 0 Å². The summed E-state index contributed by atoms with van der Waals surface area (Å²) in [4.78, 5) is 38.0. The van der Waals surface area contributed by atoms with Gasteiger partial charge in [-0.3, -0.25) is 14.7 Å². The molecule has 1 aliphatic rings. The van der Waals surface area contributed by atoms with E-state index in [1.54, 1.807) is 29.2 Å². The highest BCUT2D eigenvalue weighted by molar-refractivity contribution is 5.94. The number of aromatic nitrogens is 2. The van der Waals surface area contributed by atoms with Gasteiger partial charge in [0.2, 0.25) is 0 Å². The van der Waals surface area contributed by atoms with E-state index in [9.17, 15) is 14.4 Å². The van der Waals surface area contributed by atoms with E-state index in [-0.39, 0.29) is 17.6 Å². The van der Waals surface area contributed by atoms with E-state index in [1.807, 2.05) is 13.8 Å². The molecule has 0 atom stereocenters. The topological polar surface area (TPSA) is 96.4 Å². The number of rotatable bonds is 6. The van der Waals surface area contributed by atoms with Crippen LogP contribution >= 0.6 is 0 Å². The molecule has 2 heterocycles. The van der Waals surface area contributed by atoms with Gasteiger partial charge in [0.15, 0.2) is 0 Å². The largest absolute Gasteiger partial charge is 0.449 e. The molecule has 0 aliphatic carbocycles. The van der Waals surface area contributed by atoms with Crippen molar-refractivity contribution in [1.29, 1.82) is 0 Å². The van der Waals surface area contributed by atoms with Crippen molar-refractivity contribution in [1.82, 2.24) is 20.0 Å². The van der Waals surface area contributed by atoms with Crippen LogP contribution in [0.1, 0.15) is 35.0 Å². The number of benzene rings is 1. The van der Waals surface area contributed by atoms with Gasteiger partial charge in [-0.05, 0) is 38.0 Å². The first-order chi connectivity index (χ1) is 13.0. The molecule has 8 heteroatoms. The summed E-state index contributed by atoms with van der Waals surface area (Å²) in [5.74, 6) is -0.255. The Morgan fingerprint density at radius 3 is 2.85 bits per heavy atom. The molecule has 1 fully saturated rings. The maximum atomic E-state index is 12.5. The van der Waals surface area contributed by atoms with E-state index in [1.165, 1.54) is 4.68 Å². The van der Waals surface area contributed by atoms with Gasteiger partial charge in [0.05, 0.1) is 12.3 Å². The molecule has 2 amide bonds. The zero-order valence-electron chi connectivity index (χ0n) is 15.6. The average Bonchev–Trinajstić information content (AvgIpc) is 2.97. The number of nitrogens with zero attached hydrogens (tertiary/aromatic N) is 2. The summed E-state index contributed by atoms with van der Waals surface area (Å²) in [6, 6.07) is 6.87. The number of hydrogen-bond acceptors (Lipinski definition) is 4. The second-order valence-corrected chi connectivity index (χ2v) is 6.47. The molecule has 1 saturated heterocycles. The fraction of sp³-hybridized carbons (Fsp3) is 0.421. The van der Waals surface area contributed by atoms with Crippen LogP contribution in [-0.4, -0.2) is 52.9 Å². The van der Waals surface area contributed by atoms with Crippen LogP contribution in [0.2, 0.25) is 0 Å². The summed E-state index contributed by atoms with van der Waals surface area (Å²) in [5, 5.41) is 5.85. The molecule has 0 unspecified atom stereocenters. The lowest BCUT2D eigenvalue weighted by atomic mass is 10.2. The van der Waals surface area contributed by atoms with Crippen LogP contribution in [0.15, 0.2) is 29.1 Å². The predicted octanol–water partition coefficient (Wildman–Crippen LogP) is 1.61. The number of ether oxygens (including phenoxy) is 1. The van der Waals surface area contributed by atoms with Crippen LogP contribution in [-0.2, 0) is 11.2 Å². The van der Waals surface area contributed by atoms with Gasteiger partial charge in [0.1, 0.15) is 0 Å². The van der Waals surface area contributed by atoms with Crippen molar-refractivity contribution in [2.24, 2.45) is 0 Å². The van der Waals surface area contributed by atoms with E-state index in [2.05, 4.69) is 10.4 Å². The number of hydrogen-bond donors (Lipinski definition) is 2. The second kappa shape index (κ2) is 8.11. The van der Waals surface area contributed by atoms with Crippen molar-refractivity contribution >= 4 is 12.0 Å². The lowest BCUT2D eigenvalue weighted by Gasteiger charge is -2.26. The Hall–Kier alpha value is -3.03. The molecule has 0 radical (unpaired) electrons. The van der Waals surface area contributed by atoms with Crippen LogP contribution in [0.4, 0.5) is 4.79 Å². The number of aryl methyl sites for hydroxylation is 1. The highest BCUT2D eigenvalue weighted by atomic mass is 16.6. The highest BCUT2D eigenvalue weighted by Gasteiger charge is 2.19. The molecule has 0 spiro atoms. The van der Waals surface area contributed by atoms with Crippen molar-refractivity contribution in [2.45, 2.75) is 26.7 Å². The van der Waals surface area contributed by atoms with Gasteiger partial charge in [-0.1, -0.05) is 13.0 Å². The lowest BCUT2D eigenvalue weighted by Crippen LogP contribution is -2.42. The molecule has 0 bridgehead atoms. The Kier molecular flexibility index (Phi) is 5.63. The molecular weight excluding hydrogens is 348 g/mol. The van der Waals surface area contributed by atoms with Crippen molar-refractivity contribution in [3.8, 4) is 5.69 Å². The number of cyclic esters (lactones) is 1. The van der Waals surface area contributed by atoms with Crippen molar-refractivity contribution < 1.29 is 14.3 Å². The molecule has 1 aromatic heterocycles. The summed E-state index contributed by atoms with van der Waals surface area (Å²) in [7, 11) is 0. The van der Waals surface area contributed by atoms with Crippen LogP contribution in [0.5, 0.6) is 0 Å². The molecular formula is C19H24N4O4. The van der Waals surface area contributed by atoms with Gasteiger partial charge >= 0.3 is 6.09 Å². The summed E-state index contributed by atoms with van der Waals surface area (Å²) >= 11 is 0. The van der Waals surface area contributed by atoms with E-state index in [0.717, 1.165) is 17.7 Å². The number of H-pyrrole nitrogens is 1. The summed E-state index contributed by atoms with van der Waals surface area (Å²) in [6.07, 6.45) is 1.10. The average molecular weight is 372 g/mol. The van der Waals surface area contributed by atoms with E-state index in [4.69, 9.17) is 4.74 Å². The number of carbonyl (C=O) groups excluding carboxylic acids is 2.